The number of rotatable bonds is 17. The lowest BCUT2D eigenvalue weighted by molar-refractivity contribution is -0.129. The maximum absolute atomic E-state index is 13.5. The highest BCUT2D eigenvalue weighted by atomic mass is 32.2. The molecule has 0 aliphatic carbocycles. The van der Waals surface area contributed by atoms with Crippen molar-refractivity contribution in [2.24, 2.45) is 0 Å². The molecule has 0 bridgehead atoms. The van der Waals surface area contributed by atoms with Gasteiger partial charge in [0.05, 0.1) is 23.6 Å². The van der Waals surface area contributed by atoms with Gasteiger partial charge in [0, 0.05) is 35.7 Å². The van der Waals surface area contributed by atoms with Crippen LogP contribution in [0, 0.1) is 0 Å². The third-order valence-corrected chi connectivity index (χ3v) is 12.1. The molecule has 0 saturated carbocycles. The van der Waals surface area contributed by atoms with Gasteiger partial charge in [-0.05, 0) is 52.7 Å². The van der Waals surface area contributed by atoms with Gasteiger partial charge in [0.15, 0.2) is 0 Å². The Labute approximate surface area is 326 Å². The molecule has 294 valence electrons. The molecule has 2 fully saturated rings. The number of carbonyl (C=O) groups excluding carboxylic acids is 6. The van der Waals surface area contributed by atoms with Crippen LogP contribution in [0.1, 0.15) is 52.7 Å². The molecule has 0 unspecified atom stereocenters. The van der Waals surface area contributed by atoms with Crippen molar-refractivity contribution < 1.29 is 28.8 Å². The van der Waals surface area contributed by atoms with Crippen molar-refractivity contribution in [1.29, 1.82) is 0 Å². The molecule has 0 aromatic heterocycles. The van der Waals surface area contributed by atoms with Gasteiger partial charge in [-0.15, -0.1) is 23.5 Å². The van der Waals surface area contributed by atoms with Crippen molar-refractivity contribution >= 4 is 59.0 Å². The van der Waals surface area contributed by atoms with E-state index >= 15 is 0 Å². The number of nitrogens with one attached hydrogen (secondary N) is 8. The summed E-state index contributed by atoms with van der Waals surface area (Å²) in [5.74, 6) is -1.92. The van der Waals surface area contributed by atoms with E-state index in [9.17, 15) is 28.8 Å². The summed E-state index contributed by atoms with van der Waals surface area (Å²) in [6.45, 7) is 12.2. The van der Waals surface area contributed by atoms with E-state index in [4.69, 9.17) is 0 Å². The largest absolute Gasteiger partial charge is 0.355 e. The molecular weight excluding hydrogens is 729 g/mol. The van der Waals surface area contributed by atoms with Crippen LogP contribution in [-0.4, -0.2) is 106 Å². The van der Waals surface area contributed by atoms with Crippen LogP contribution in [0.15, 0.2) is 60.7 Å². The number of hydrogen-bond acceptors (Lipinski definition) is 10. The highest BCUT2D eigenvalue weighted by Gasteiger charge is 2.50. The maximum atomic E-state index is 13.5. The first kappa shape index (κ1) is 42.6. The Bertz CT molecular complexity index is 1510. The van der Waals surface area contributed by atoms with Crippen LogP contribution in [0.25, 0.3) is 0 Å². The lowest BCUT2D eigenvalue weighted by Gasteiger charge is -2.25. The van der Waals surface area contributed by atoms with Gasteiger partial charge in [-0.3, -0.25) is 39.4 Å². The molecule has 2 aromatic rings. The van der Waals surface area contributed by atoms with Crippen LogP contribution in [0.5, 0.6) is 0 Å². The molecule has 8 N–H and O–H groups in total. The highest BCUT2D eigenvalue weighted by Crippen LogP contribution is 2.40. The van der Waals surface area contributed by atoms with Crippen LogP contribution < -0.4 is 42.5 Å². The molecule has 54 heavy (non-hydrogen) atoms. The second kappa shape index (κ2) is 19.5. The first-order valence-electron chi connectivity index (χ1n) is 18.3. The minimum absolute atomic E-state index is 0.111. The van der Waals surface area contributed by atoms with Gasteiger partial charge in [-0.2, -0.15) is 0 Å². The summed E-state index contributed by atoms with van der Waals surface area (Å²) in [5.41, 5.74) is 1.64. The van der Waals surface area contributed by atoms with Gasteiger partial charge >= 0.3 is 0 Å². The Kier molecular flexibility index (Phi) is 15.4. The first-order chi connectivity index (χ1) is 25.6. The van der Waals surface area contributed by atoms with E-state index in [2.05, 4.69) is 42.5 Å². The van der Waals surface area contributed by atoms with E-state index in [1.807, 2.05) is 88.4 Å². The van der Waals surface area contributed by atoms with Gasteiger partial charge in [-0.25, -0.2) is 0 Å². The number of amides is 6. The zero-order chi connectivity index (χ0) is 39.5. The Balaban J connectivity index is 1.30. The average molecular weight is 783 g/mol. The van der Waals surface area contributed by atoms with E-state index in [0.29, 0.717) is 13.1 Å². The Morgan fingerprint density at radius 2 is 0.944 bits per heavy atom. The van der Waals surface area contributed by atoms with Gasteiger partial charge in [-0.1, -0.05) is 60.7 Å². The first-order valence-corrected chi connectivity index (χ1v) is 20.1. The normalized spacial score (nSPS) is 22.3. The summed E-state index contributed by atoms with van der Waals surface area (Å²) in [5, 5.41) is 22.5. The van der Waals surface area contributed by atoms with Gasteiger partial charge < -0.3 is 31.9 Å². The van der Waals surface area contributed by atoms with Crippen LogP contribution in [0.2, 0.25) is 0 Å². The zero-order valence-corrected chi connectivity index (χ0v) is 33.4. The second-order valence-electron chi connectivity index (χ2n) is 14.3. The van der Waals surface area contributed by atoms with E-state index in [1.165, 1.54) is 23.5 Å². The number of carbonyl (C=O) groups is 6. The smallest absolute Gasteiger partial charge is 0.245 e. The summed E-state index contributed by atoms with van der Waals surface area (Å²) >= 11 is 2.81. The quantitative estimate of drug-likeness (QED) is 0.105. The van der Waals surface area contributed by atoms with Crippen molar-refractivity contribution in [1.82, 2.24) is 42.5 Å². The Hall–Kier alpha value is -4.12. The molecule has 2 aliphatic rings. The third kappa shape index (κ3) is 11.7. The fraction of sp³-hybridized carbons (Fsp3) is 0.526. The van der Waals surface area contributed by atoms with Crippen LogP contribution in [0.4, 0.5) is 0 Å². The van der Waals surface area contributed by atoms with Crippen LogP contribution >= 0.6 is 23.5 Å². The minimum Gasteiger partial charge on any atom is -0.355 e. The van der Waals surface area contributed by atoms with Crippen molar-refractivity contribution in [3.63, 3.8) is 0 Å². The minimum atomic E-state index is -0.920. The van der Waals surface area contributed by atoms with E-state index in [0.717, 1.165) is 11.1 Å². The zero-order valence-electron chi connectivity index (χ0n) is 31.7. The highest BCUT2D eigenvalue weighted by molar-refractivity contribution is 8.01. The number of likely N-dealkylation sites (N-methyl/N-ethyl adjacent to an activating group) is 2. The standard InChI is InChI=1S/C38H54N8O6S2/c1-7-39-31(49)27(43-25(47)21-23-15-11-9-12-16-23)35-45-29(37(3,4)53-35)33(51)41-19-20-42-34(52)30-38(5,6)54-36(46-30)28(32(50)40-8-2)44-26(48)22-24-17-13-10-14-18-24/h9-18,27-30,35-36,45-46H,7-8,19-22H2,1-6H3,(H,39,49)(H,40,50)(H,41,51)(H,42,52)(H,43,47)(H,44,48)/t27-,28-,29+,30+,35+,36+/m1/s1. The molecule has 4 rings (SSSR count). The predicted molar refractivity (Wildman–Crippen MR) is 212 cm³/mol. The second-order valence-corrected chi connectivity index (χ2v) is 17.9. The monoisotopic (exact) mass is 782 g/mol. The topological polar surface area (TPSA) is 199 Å². The molecule has 2 aromatic carbocycles. The van der Waals surface area contributed by atoms with Crippen molar-refractivity contribution in [2.75, 3.05) is 26.2 Å². The lowest BCUT2D eigenvalue weighted by atomic mass is 10.0. The van der Waals surface area contributed by atoms with Crippen molar-refractivity contribution in [3.05, 3.63) is 71.8 Å². The summed E-state index contributed by atoms with van der Waals surface area (Å²) in [6.07, 6.45) is 0.223. The number of hydrogen-bond donors (Lipinski definition) is 8. The molecule has 6 atom stereocenters. The van der Waals surface area contributed by atoms with E-state index in [-0.39, 0.29) is 61.4 Å². The molecule has 6 amide bonds. The Morgan fingerprint density at radius 1 is 0.593 bits per heavy atom. The van der Waals surface area contributed by atoms with E-state index in [1.54, 1.807) is 13.8 Å². The molecule has 0 radical (unpaired) electrons. The van der Waals surface area contributed by atoms with Gasteiger partial charge in [0.25, 0.3) is 0 Å². The van der Waals surface area contributed by atoms with Crippen molar-refractivity contribution in [2.45, 2.75) is 98.8 Å². The molecule has 0 spiro atoms. The molecular formula is C38H54N8O6S2. The summed E-state index contributed by atoms with van der Waals surface area (Å²) < 4.78 is -1.26. The third-order valence-electron chi connectivity index (χ3n) is 9.08. The van der Waals surface area contributed by atoms with Crippen molar-refractivity contribution in [3.8, 4) is 0 Å². The molecule has 16 heteroatoms. The molecule has 2 saturated heterocycles. The fourth-order valence-electron chi connectivity index (χ4n) is 6.41. The average Bonchev–Trinajstić information content (AvgIpc) is 3.62. The summed E-state index contributed by atoms with van der Waals surface area (Å²) in [7, 11) is 0. The molecule has 14 nitrogen and oxygen atoms in total. The SMILES string of the molecule is CCNC(=O)[C@@H](NC(=O)Cc1ccccc1)[C@H]1N[C@@H](C(=O)NCCNC(=O)[C@@H]2N[C@H]([C@H](NC(=O)Cc3ccccc3)C(=O)NCC)SC2(C)C)C(C)(C)S1. The van der Waals surface area contributed by atoms with Crippen LogP contribution in [-0.2, 0) is 41.6 Å². The number of benzene rings is 2. The number of thioether (sulfide) groups is 2. The lowest BCUT2D eigenvalue weighted by Crippen LogP contribution is -2.59. The van der Waals surface area contributed by atoms with E-state index < -0.39 is 44.4 Å². The molecule has 2 heterocycles. The van der Waals surface area contributed by atoms with Gasteiger partial charge in [0.2, 0.25) is 35.4 Å². The molecule has 2 aliphatic heterocycles. The maximum Gasteiger partial charge on any atom is 0.245 e. The fourth-order valence-corrected chi connectivity index (χ4v) is 9.41. The predicted octanol–water partition coefficient (Wildman–Crippen LogP) is 0.565. The Morgan fingerprint density at radius 3 is 1.28 bits per heavy atom. The van der Waals surface area contributed by atoms with Crippen LogP contribution in [0.3, 0.4) is 0 Å². The summed E-state index contributed by atoms with van der Waals surface area (Å²) in [6, 6.07) is 15.3. The summed E-state index contributed by atoms with van der Waals surface area (Å²) in [4.78, 5) is 79.0. The van der Waals surface area contributed by atoms with Gasteiger partial charge in [0.1, 0.15) is 24.2 Å².